The van der Waals surface area contributed by atoms with E-state index in [0.29, 0.717) is 0 Å². The third kappa shape index (κ3) is 2.71. The summed E-state index contributed by atoms with van der Waals surface area (Å²) in [5.74, 6) is 0.906. The lowest BCUT2D eigenvalue weighted by molar-refractivity contribution is 0.318. The van der Waals surface area contributed by atoms with E-state index in [4.69, 9.17) is 0 Å². The summed E-state index contributed by atoms with van der Waals surface area (Å²) in [6.07, 6.45) is 8.00. The van der Waals surface area contributed by atoms with Crippen molar-refractivity contribution in [2.24, 2.45) is 5.92 Å². The average Bonchev–Trinajstić information content (AvgIpc) is 2.16. The van der Waals surface area contributed by atoms with Gasteiger partial charge in [-0.1, -0.05) is 6.42 Å². The third-order valence-electron chi connectivity index (χ3n) is 3.14. The molecular weight excluding hydrogens is 252 g/mol. The van der Waals surface area contributed by atoms with Crippen molar-refractivity contribution < 1.29 is 0 Å². The van der Waals surface area contributed by atoms with Crippen LogP contribution >= 0.6 is 15.9 Å². The maximum atomic E-state index is 4.22. The molecule has 1 heterocycles. The van der Waals surface area contributed by atoms with Crippen molar-refractivity contribution >= 4 is 21.6 Å². The van der Waals surface area contributed by atoms with Gasteiger partial charge in [-0.05, 0) is 47.7 Å². The SMILES string of the molecule is CCN(CC1CCC1)c1cncc(Br)c1. The van der Waals surface area contributed by atoms with Gasteiger partial charge in [0.15, 0.2) is 0 Å². The predicted molar refractivity (Wildman–Crippen MR) is 67.2 cm³/mol. The Morgan fingerprint density at radius 3 is 2.80 bits per heavy atom. The van der Waals surface area contributed by atoms with Crippen molar-refractivity contribution in [1.29, 1.82) is 0 Å². The van der Waals surface area contributed by atoms with Gasteiger partial charge in [0.1, 0.15) is 0 Å². The lowest BCUT2D eigenvalue weighted by Gasteiger charge is -2.33. The number of hydrogen-bond acceptors (Lipinski definition) is 2. The fraction of sp³-hybridized carbons (Fsp3) is 0.583. The van der Waals surface area contributed by atoms with Gasteiger partial charge in [-0.25, -0.2) is 0 Å². The van der Waals surface area contributed by atoms with Gasteiger partial charge in [-0.15, -0.1) is 0 Å². The second kappa shape index (κ2) is 4.97. The molecule has 0 bridgehead atoms. The van der Waals surface area contributed by atoms with Crippen LogP contribution in [-0.2, 0) is 0 Å². The molecule has 3 heteroatoms. The number of halogens is 1. The highest BCUT2D eigenvalue weighted by Gasteiger charge is 2.20. The van der Waals surface area contributed by atoms with Crippen molar-refractivity contribution in [3.63, 3.8) is 0 Å². The molecule has 0 amide bonds. The fourth-order valence-electron chi connectivity index (χ4n) is 1.98. The lowest BCUT2D eigenvalue weighted by Crippen LogP contribution is -2.32. The van der Waals surface area contributed by atoms with Gasteiger partial charge in [-0.2, -0.15) is 0 Å². The van der Waals surface area contributed by atoms with Crippen molar-refractivity contribution in [3.8, 4) is 0 Å². The first-order valence-corrected chi connectivity index (χ1v) is 6.44. The normalized spacial score (nSPS) is 16.1. The van der Waals surface area contributed by atoms with E-state index in [2.05, 4.69) is 38.8 Å². The van der Waals surface area contributed by atoms with Crippen molar-refractivity contribution in [1.82, 2.24) is 4.98 Å². The summed E-state index contributed by atoms with van der Waals surface area (Å²) in [5, 5.41) is 0. The first-order valence-electron chi connectivity index (χ1n) is 5.65. The van der Waals surface area contributed by atoms with Crippen molar-refractivity contribution in [2.45, 2.75) is 26.2 Å². The Labute approximate surface area is 99.8 Å². The fourth-order valence-corrected chi connectivity index (χ4v) is 2.33. The smallest absolute Gasteiger partial charge is 0.0564 e. The van der Waals surface area contributed by atoms with Crippen LogP contribution in [0.1, 0.15) is 26.2 Å². The molecule has 0 aliphatic heterocycles. The van der Waals surface area contributed by atoms with Gasteiger partial charge in [0, 0.05) is 23.8 Å². The average molecular weight is 269 g/mol. The molecular formula is C12H17BrN2. The van der Waals surface area contributed by atoms with Gasteiger partial charge in [0.05, 0.1) is 11.9 Å². The number of pyridine rings is 1. The molecule has 0 radical (unpaired) electrons. The standard InChI is InChI=1S/C12H17BrN2/c1-2-15(9-10-4-3-5-10)12-6-11(13)7-14-8-12/h6-8,10H,2-5,9H2,1H3. The number of hydrogen-bond donors (Lipinski definition) is 0. The van der Waals surface area contributed by atoms with E-state index in [9.17, 15) is 0 Å². The monoisotopic (exact) mass is 268 g/mol. The second-order valence-electron chi connectivity index (χ2n) is 4.20. The van der Waals surface area contributed by atoms with Crippen LogP contribution in [0.4, 0.5) is 5.69 Å². The van der Waals surface area contributed by atoms with E-state index in [1.54, 1.807) is 0 Å². The number of anilines is 1. The van der Waals surface area contributed by atoms with E-state index in [-0.39, 0.29) is 0 Å². The summed E-state index contributed by atoms with van der Waals surface area (Å²) in [6, 6.07) is 2.15. The summed E-state index contributed by atoms with van der Waals surface area (Å²) in [4.78, 5) is 6.63. The zero-order valence-electron chi connectivity index (χ0n) is 9.12. The van der Waals surface area contributed by atoms with Gasteiger partial charge in [0.25, 0.3) is 0 Å². The Bertz CT molecular complexity index is 323. The quantitative estimate of drug-likeness (QED) is 0.832. The molecule has 0 saturated heterocycles. The molecule has 15 heavy (non-hydrogen) atoms. The molecule has 1 aromatic rings. The minimum Gasteiger partial charge on any atom is -0.370 e. The molecule has 0 unspecified atom stereocenters. The molecule has 1 aliphatic carbocycles. The molecule has 1 saturated carbocycles. The van der Waals surface area contributed by atoms with Crippen LogP contribution in [0.2, 0.25) is 0 Å². The maximum absolute atomic E-state index is 4.22. The van der Waals surface area contributed by atoms with Gasteiger partial charge >= 0.3 is 0 Å². The molecule has 0 N–H and O–H groups in total. The molecule has 0 atom stereocenters. The van der Waals surface area contributed by atoms with Crippen LogP contribution in [-0.4, -0.2) is 18.1 Å². The van der Waals surface area contributed by atoms with E-state index in [0.717, 1.165) is 16.9 Å². The minimum atomic E-state index is 0.906. The van der Waals surface area contributed by atoms with Gasteiger partial charge in [0.2, 0.25) is 0 Å². The Balaban J connectivity index is 2.04. The number of aromatic nitrogens is 1. The van der Waals surface area contributed by atoms with Crippen LogP contribution in [0.5, 0.6) is 0 Å². The molecule has 1 fully saturated rings. The van der Waals surface area contributed by atoms with E-state index < -0.39 is 0 Å². The summed E-state index contributed by atoms with van der Waals surface area (Å²) >= 11 is 3.47. The minimum absolute atomic E-state index is 0.906. The Morgan fingerprint density at radius 2 is 2.27 bits per heavy atom. The summed E-state index contributed by atoms with van der Waals surface area (Å²) in [6.45, 7) is 4.46. The molecule has 1 aliphatic rings. The number of rotatable bonds is 4. The topological polar surface area (TPSA) is 16.1 Å². The van der Waals surface area contributed by atoms with Gasteiger partial charge < -0.3 is 4.90 Å². The second-order valence-corrected chi connectivity index (χ2v) is 5.11. The van der Waals surface area contributed by atoms with E-state index in [1.165, 1.54) is 31.5 Å². The predicted octanol–water partition coefficient (Wildman–Crippen LogP) is 3.47. The van der Waals surface area contributed by atoms with Crippen LogP contribution in [0.25, 0.3) is 0 Å². The highest BCUT2D eigenvalue weighted by molar-refractivity contribution is 9.10. The highest BCUT2D eigenvalue weighted by atomic mass is 79.9. The van der Waals surface area contributed by atoms with Crippen LogP contribution in [0.15, 0.2) is 22.9 Å². The molecule has 0 spiro atoms. The third-order valence-corrected chi connectivity index (χ3v) is 3.57. The summed E-state index contributed by atoms with van der Waals surface area (Å²) in [5.41, 5.74) is 1.23. The Kier molecular flexibility index (Phi) is 3.62. The van der Waals surface area contributed by atoms with Crippen molar-refractivity contribution in [3.05, 3.63) is 22.9 Å². The molecule has 82 valence electrons. The maximum Gasteiger partial charge on any atom is 0.0564 e. The molecule has 1 aromatic heterocycles. The highest BCUT2D eigenvalue weighted by Crippen LogP contribution is 2.29. The molecule has 0 aromatic carbocycles. The van der Waals surface area contributed by atoms with Gasteiger partial charge in [-0.3, -0.25) is 4.98 Å². The van der Waals surface area contributed by atoms with Crippen LogP contribution in [0, 0.1) is 5.92 Å². The van der Waals surface area contributed by atoms with Crippen LogP contribution in [0.3, 0.4) is 0 Å². The largest absolute Gasteiger partial charge is 0.370 e. The van der Waals surface area contributed by atoms with Crippen molar-refractivity contribution in [2.75, 3.05) is 18.0 Å². The molecule has 2 rings (SSSR count). The lowest BCUT2D eigenvalue weighted by atomic mass is 9.85. The number of nitrogens with zero attached hydrogens (tertiary/aromatic N) is 2. The van der Waals surface area contributed by atoms with Crippen LogP contribution < -0.4 is 4.90 Å². The van der Waals surface area contributed by atoms with E-state index in [1.807, 2.05) is 12.4 Å². The van der Waals surface area contributed by atoms with E-state index >= 15 is 0 Å². The zero-order valence-corrected chi connectivity index (χ0v) is 10.7. The Hall–Kier alpha value is -0.570. The first-order chi connectivity index (χ1) is 7.29. The zero-order chi connectivity index (χ0) is 10.7. The summed E-state index contributed by atoms with van der Waals surface area (Å²) < 4.78 is 1.06. The Morgan fingerprint density at radius 1 is 1.47 bits per heavy atom. The summed E-state index contributed by atoms with van der Waals surface area (Å²) in [7, 11) is 0. The molecule has 2 nitrogen and oxygen atoms in total. The first kappa shape index (κ1) is 10.9.